The van der Waals surface area contributed by atoms with E-state index in [1.807, 2.05) is 24.3 Å². The number of hydrogen-bond donors (Lipinski definition) is 1. The summed E-state index contributed by atoms with van der Waals surface area (Å²) in [4.78, 5) is 2.42. The smallest absolute Gasteiger partial charge is 0.281 e. The van der Waals surface area contributed by atoms with Crippen molar-refractivity contribution in [2.45, 2.75) is 25.4 Å². The van der Waals surface area contributed by atoms with Crippen molar-refractivity contribution in [3.8, 4) is 5.75 Å². The van der Waals surface area contributed by atoms with Gasteiger partial charge in [-0.1, -0.05) is 12.1 Å². The molecule has 3 aliphatic heterocycles. The standard InChI is InChI=1S/C18H29N3O4S/c1-19(2)26(23,24)21-13-16-3-6-17(14-21)20(12-16)11-15-4-7-18(8-5-15)25-10-9-22/h4-5,7-8,16-17,22H,3,6,9-14H2,1-2H3/t16-,17-/m1/s1. The quantitative estimate of drug-likeness (QED) is 0.753. The van der Waals surface area contributed by atoms with Crippen LogP contribution in [-0.4, -0.2) is 80.0 Å². The summed E-state index contributed by atoms with van der Waals surface area (Å²) in [7, 11) is -0.162. The fourth-order valence-electron chi connectivity index (χ4n) is 3.84. The molecule has 0 aliphatic carbocycles. The Bertz CT molecular complexity index is 693. The Hall–Kier alpha value is -1.19. The van der Waals surface area contributed by atoms with Gasteiger partial charge in [0.05, 0.1) is 6.61 Å². The third-order valence-corrected chi connectivity index (χ3v) is 7.12. The van der Waals surface area contributed by atoms with E-state index in [9.17, 15) is 8.42 Å². The second-order valence-corrected chi connectivity index (χ2v) is 9.49. The van der Waals surface area contributed by atoms with Crippen molar-refractivity contribution in [3.05, 3.63) is 29.8 Å². The molecule has 7 nitrogen and oxygen atoms in total. The van der Waals surface area contributed by atoms with Crippen LogP contribution in [0.25, 0.3) is 0 Å². The van der Waals surface area contributed by atoms with Crippen LogP contribution in [-0.2, 0) is 16.8 Å². The summed E-state index contributed by atoms with van der Waals surface area (Å²) in [5, 5.41) is 8.82. The molecule has 3 heterocycles. The summed E-state index contributed by atoms with van der Waals surface area (Å²) in [6.45, 7) is 3.23. The molecule has 0 spiro atoms. The van der Waals surface area contributed by atoms with E-state index in [1.165, 1.54) is 9.87 Å². The summed E-state index contributed by atoms with van der Waals surface area (Å²) in [6.07, 6.45) is 2.14. The van der Waals surface area contributed by atoms with Crippen LogP contribution in [0.15, 0.2) is 24.3 Å². The van der Waals surface area contributed by atoms with Gasteiger partial charge >= 0.3 is 0 Å². The third kappa shape index (κ3) is 4.37. The van der Waals surface area contributed by atoms with Crippen molar-refractivity contribution in [2.24, 2.45) is 5.92 Å². The van der Waals surface area contributed by atoms with E-state index < -0.39 is 10.2 Å². The highest BCUT2D eigenvalue weighted by Crippen LogP contribution is 2.31. The number of aliphatic hydroxyl groups excluding tert-OH is 1. The number of benzene rings is 1. The van der Waals surface area contributed by atoms with Crippen LogP contribution in [0.5, 0.6) is 5.75 Å². The van der Waals surface area contributed by atoms with E-state index in [4.69, 9.17) is 9.84 Å². The van der Waals surface area contributed by atoms with Gasteiger partial charge in [-0.05, 0) is 36.5 Å². The van der Waals surface area contributed by atoms with Crippen molar-refractivity contribution < 1.29 is 18.3 Å². The number of piperidine rings is 1. The minimum absolute atomic E-state index is 0.00491. The summed E-state index contributed by atoms with van der Waals surface area (Å²) >= 11 is 0. The molecule has 8 heteroatoms. The molecule has 2 bridgehead atoms. The zero-order valence-corrected chi connectivity index (χ0v) is 16.4. The normalized spacial score (nSPS) is 24.8. The van der Waals surface area contributed by atoms with Gasteiger partial charge in [0.25, 0.3) is 10.2 Å². The minimum Gasteiger partial charge on any atom is -0.491 e. The molecule has 0 unspecified atom stereocenters. The van der Waals surface area contributed by atoms with Crippen molar-refractivity contribution in [1.82, 2.24) is 13.5 Å². The zero-order valence-electron chi connectivity index (χ0n) is 15.5. The third-order valence-electron chi connectivity index (χ3n) is 5.25. The van der Waals surface area contributed by atoms with Gasteiger partial charge in [0.1, 0.15) is 12.4 Å². The zero-order chi connectivity index (χ0) is 18.7. The second-order valence-electron chi connectivity index (χ2n) is 7.35. The molecule has 3 aliphatic rings. The molecule has 26 heavy (non-hydrogen) atoms. The Morgan fingerprint density at radius 3 is 2.54 bits per heavy atom. The number of nitrogens with zero attached hydrogens (tertiary/aromatic N) is 3. The average molecular weight is 384 g/mol. The molecule has 0 saturated carbocycles. The predicted octanol–water partition coefficient (Wildman–Crippen LogP) is 0.760. The molecule has 2 atom stereocenters. The van der Waals surface area contributed by atoms with Gasteiger partial charge in [-0.3, -0.25) is 4.90 Å². The molecule has 1 aromatic carbocycles. The molecular formula is C18H29N3O4S. The molecule has 1 N–H and O–H groups in total. The van der Waals surface area contributed by atoms with Crippen molar-refractivity contribution in [3.63, 3.8) is 0 Å². The molecule has 146 valence electrons. The largest absolute Gasteiger partial charge is 0.491 e. The van der Waals surface area contributed by atoms with Crippen LogP contribution in [0.3, 0.4) is 0 Å². The lowest BCUT2D eigenvalue weighted by Gasteiger charge is -2.36. The topological polar surface area (TPSA) is 73.3 Å². The van der Waals surface area contributed by atoms with Gasteiger partial charge in [-0.2, -0.15) is 17.0 Å². The van der Waals surface area contributed by atoms with E-state index in [1.54, 1.807) is 18.4 Å². The molecule has 1 aromatic rings. The lowest BCUT2D eigenvalue weighted by molar-refractivity contribution is 0.125. The summed E-state index contributed by atoms with van der Waals surface area (Å²) < 4.78 is 33.5. The molecule has 3 saturated heterocycles. The van der Waals surface area contributed by atoms with Gasteiger partial charge in [-0.15, -0.1) is 0 Å². The van der Waals surface area contributed by atoms with E-state index in [0.29, 0.717) is 25.6 Å². The van der Waals surface area contributed by atoms with Crippen molar-refractivity contribution >= 4 is 10.2 Å². The summed E-state index contributed by atoms with van der Waals surface area (Å²) in [5.41, 5.74) is 1.19. The van der Waals surface area contributed by atoms with Crippen molar-refractivity contribution in [2.75, 3.05) is 46.9 Å². The first-order valence-corrected chi connectivity index (χ1v) is 10.5. The van der Waals surface area contributed by atoms with Crippen LogP contribution in [0.1, 0.15) is 18.4 Å². The molecule has 3 fully saturated rings. The average Bonchev–Trinajstić information content (AvgIpc) is 2.93. The highest BCUT2D eigenvalue weighted by Gasteiger charge is 2.39. The van der Waals surface area contributed by atoms with Crippen LogP contribution in [0, 0.1) is 5.92 Å². The van der Waals surface area contributed by atoms with Crippen LogP contribution >= 0.6 is 0 Å². The number of aliphatic hydroxyl groups is 1. The van der Waals surface area contributed by atoms with Crippen molar-refractivity contribution in [1.29, 1.82) is 0 Å². The first-order chi connectivity index (χ1) is 12.4. The maximum absolute atomic E-state index is 12.5. The molecule has 0 amide bonds. The van der Waals surface area contributed by atoms with Crippen LogP contribution in [0.4, 0.5) is 0 Å². The van der Waals surface area contributed by atoms with E-state index in [0.717, 1.165) is 31.7 Å². The maximum Gasteiger partial charge on any atom is 0.281 e. The maximum atomic E-state index is 12.5. The fourth-order valence-corrected chi connectivity index (χ4v) is 5.06. The Labute approximate surface area is 156 Å². The summed E-state index contributed by atoms with van der Waals surface area (Å²) in [5.74, 6) is 1.14. The number of rotatable bonds is 7. The highest BCUT2D eigenvalue weighted by atomic mass is 32.2. The Balaban J connectivity index is 1.67. The molecule has 4 rings (SSSR count). The summed E-state index contributed by atoms with van der Waals surface area (Å²) in [6, 6.07) is 8.18. The molecule has 0 radical (unpaired) electrons. The Kier molecular flexibility index (Phi) is 6.19. The molecular weight excluding hydrogens is 354 g/mol. The lowest BCUT2D eigenvalue weighted by atomic mass is 9.94. The predicted molar refractivity (Wildman–Crippen MR) is 100 cm³/mol. The SMILES string of the molecule is CN(C)S(=O)(=O)N1C[C@@H]2CC[C@H](C1)N(Cc1ccc(OCCO)cc1)C2. The Morgan fingerprint density at radius 1 is 1.15 bits per heavy atom. The van der Waals surface area contributed by atoms with Crippen LogP contribution in [0.2, 0.25) is 0 Å². The van der Waals surface area contributed by atoms with Gasteiger partial charge in [0.2, 0.25) is 0 Å². The van der Waals surface area contributed by atoms with E-state index in [-0.39, 0.29) is 12.6 Å². The Morgan fingerprint density at radius 2 is 1.88 bits per heavy atom. The monoisotopic (exact) mass is 383 g/mol. The van der Waals surface area contributed by atoms with Gasteiger partial charge < -0.3 is 9.84 Å². The van der Waals surface area contributed by atoms with Gasteiger partial charge in [0, 0.05) is 46.3 Å². The van der Waals surface area contributed by atoms with Crippen LogP contribution < -0.4 is 4.74 Å². The highest BCUT2D eigenvalue weighted by molar-refractivity contribution is 7.86. The van der Waals surface area contributed by atoms with E-state index in [2.05, 4.69) is 4.90 Å². The molecule has 0 aromatic heterocycles. The number of fused-ring (bicyclic) bond motifs is 4. The first kappa shape index (κ1) is 19.6. The van der Waals surface area contributed by atoms with Gasteiger partial charge in [-0.25, -0.2) is 0 Å². The number of ether oxygens (including phenoxy) is 1. The van der Waals surface area contributed by atoms with E-state index >= 15 is 0 Å². The first-order valence-electron chi connectivity index (χ1n) is 9.14. The van der Waals surface area contributed by atoms with Gasteiger partial charge in [0.15, 0.2) is 0 Å². The fraction of sp³-hybridized carbons (Fsp3) is 0.667. The minimum atomic E-state index is -3.36. The number of hydrogen-bond acceptors (Lipinski definition) is 5. The lowest BCUT2D eigenvalue weighted by Crippen LogP contribution is -2.45. The second kappa shape index (κ2) is 8.22.